The normalized spacial score (nSPS) is 9.65. The second kappa shape index (κ2) is 6.98. The Bertz CT molecular complexity index is 502. The van der Waals surface area contributed by atoms with Gasteiger partial charge in [-0.3, -0.25) is 9.59 Å². The van der Waals surface area contributed by atoms with Crippen molar-refractivity contribution in [2.24, 2.45) is 5.73 Å². The Morgan fingerprint density at radius 3 is 2.60 bits per heavy atom. The minimum Gasteiger partial charge on any atom is -0.497 e. The number of carbonyl (C=O) groups is 3. The van der Waals surface area contributed by atoms with Gasteiger partial charge in [0.1, 0.15) is 18.8 Å². The Balaban J connectivity index is 2.78. The fourth-order valence-electron chi connectivity index (χ4n) is 1.45. The summed E-state index contributed by atoms with van der Waals surface area (Å²) in [7, 11) is 1.48. The Morgan fingerprint density at radius 1 is 1.35 bits per heavy atom. The summed E-state index contributed by atoms with van der Waals surface area (Å²) in [4.78, 5) is 34.2. The number of hydrogen-bond acceptors (Lipinski definition) is 4. The first-order chi connectivity index (χ1) is 9.42. The molecule has 0 aliphatic heterocycles. The molecule has 0 fully saturated rings. The molecule has 0 saturated carbocycles. The zero-order valence-electron chi connectivity index (χ0n) is 10.8. The van der Waals surface area contributed by atoms with Crippen molar-refractivity contribution in [2.75, 3.05) is 25.5 Å². The lowest BCUT2D eigenvalue weighted by Gasteiger charge is -2.19. The van der Waals surface area contributed by atoms with E-state index < -0.39 is 31.0 Å². The van der Waals surface area contributed by atoms with Gasteiger partial charge in [-0.2, -0.15) is 0 Å². The molecule has 0 aliphatic rings. The van der Waals surface area contributed by atoms with Crippen LogP contribution in [0.25, 0.3) is 0 Å². The van der Waals surface area contributed by atoms with E-state index in [1.165, 1.54) is 7.11 Å². The number of benzene rings is 1. The van der Waals surface area contributed by atoms with Crippen molar-refractivity contribution in [1.29, 1.82) is 0 Å². The molecular formula is C12H15N3O5. The maximum absolute atomic E-state index is 11.9. The van der Waals surface area contributed by atoms with Crippen LogP contribution < -0.4 is 15.8 Å². The molecule has 20 heavy (non-hydrogen) atoms. The molecule has 1 rings (SSSR count). The van der Waals surface area contributed by atoms with E-state index in [1.807, 2.05) is 0 Å². The van der Waals surface area contributed by atoms with Crippen molar-refractivity contribution in [3.8, 4) is 5.75 Å². The molecule has 0 aromatic heterocycles. The molecule has 0 spiro atoms. The third-order valence-electron chi connectivity index (χ3n) is 2.28. The number of nitrogens with zero attached hydrogens (tertiary/aromatic N) is 1. The Kier molecular flexibility index (Phi) is 5.33. The summed E-state index contributed by atoms with van der Waals surface area (Å²) >= 11 is 0. The first-order valence-electron chi connectivity index (χ1n) is 5.62. The number of carboxylic acid groups (broad SMARTS) is 1. The van der Waals surface area contributed by atoms with E-state index in [1.54, 1.807) is 24.3 Å². The van der Waals surface area contributed by atoms with Gasteiger partial charge >= 0.3 is 12.0 Å². The van der Waals surface area contributed by atoms with Gasteiger partial charge in [0.25, 0.3) is 0 Å². The standard InChI is InChI=1S/C12H15N3O5/c1-20-9-4-2-3-8(5-9)14-12(19)15(6-10(13)16)7-11(17)18/h2-5H,6-7H2,1H3,(H2,13,16)(H,14,19)(H,17,18). The van der Waals surface area contributed by atoms with Gasteiger partial charge in [-0.1, -0.05) is 6.07 Å². The van der Waals surface area contributed by atoms with Gasteiger partial charge in [0.15, 0.2) is 0 Å². The maximum atomic E-state index is 11.9. The summed E-state index contributed by atoms with van der Waals surface area (Å²) in [6.07, 6.45) is 0. The van der Waals surface area contributed by atoms with E-state index in [9.17, 15) is 14.4 Å². The summed E-state index contributed by atoms with van der Waals surface area (Å²) in [5.74, 6) is -1.51. The Hall–Kier alpha value is -2.77. The summed E-state index contributed by atoms with van der Waals surface area (Å²) in [5.41, 5.74) is 5.38. The van der Waals surface area contributed by atoms with Crippen LogP contribution in [-0.4, -0.2) is 48.1 Å². The highest BCUT2D eigenvalue weighted by molar-refractivity contribution is 5.94. The van der Waals surface area contributed by atoms with Crippen LogP contribution in [0.1, 0.15) is 0 Å². The van der Waals surface area contributed by atoms with Crippen molar-refractivity contribution < 1.29 is 24.2 Å². The van der Waals surface area contributed by atoms with Crippen LogP contribution in [0.4, 0.5) is 10.5 Å². The fraction of sp³-hybridized carbons (Fsp3) is 0.250. The lowest BCUT2D eigenvalue weighted by atomic mass is 10.3. The molecule has 8 heteroatoms. The third kappa shape index (κ3) is 4.84. The topological polar surface area (TPSA) is 122 Å². The van der Waals surface area contributed by atoms with E-state index in [0.717, 1.165) is 4.90 Å². The van der Waals surface area contributed by atoms with Crippen LogP contribution in [0.5, 0.6) is 5.75 Å². The number of ether oxygens (including phenoxy) is 1. The van der Waals surface area contributed by atoms with Crippen LogP contribution in [0, 0.1) is 0 Å². The van der Waals surface area contributed by atoms with Gasteiger partial charge in [0, 0.05) is 11.8 Å². The monoisotopic (exact) mass is 281 g/mol. The van der Waals surface area contributed by atoms with Gasteiger partial charge in [-0.15, -0.1) is 0 Å². The zero-order valence-corrected chi connectivity index (χ0v) is 10.8. The van der Waals surface area contributed by atoms with Gasteiger partial charge in [-0.05, 0) is 12.1 Å². The summed E-state index contributed by atoms with van der Waals surface area (Å²) in [6.45, 7) is -1.11. The summed E-state index contributed by atoms with van der Waals surface area (Å²) in [6, 6.07) is 5.77. The summed E-state index contributed by atoms with van der Waals surface area (Å²) in [5, 5.41) is 11.2. The van der Waals surface area contributed by atoms with E-state index in [2.05, 4.69) is 5.32 Å². The first kappa shape index (κ1) is 15.3. The first-order valence-corrected chi connectivity index (χ1v) is 5.62. The van der Waals surface area contributed by atoms with Crippen molar-refractivity contribution in [1.82, 2.24) is 4.90 Å². The number of hydrogen-bond donors (Lipinski definition) is 3. The van der Waals surface area contributed by atoms with E-state index in [-0.39, 0.29) is 0 Å². The number of nitrogens with two attached hydrogens (primary N) is 1. The highest BCUT2D eigenvalue weighted by atomic mass is 16.5. The molecule has 0 unspecified atom stereocenters. The van der Waals surface area contributed by atoms with E-state index in [0.29, 0.717) is 11.4 Å². The Labute approximate surface area is 115 Å². The molecule has 0 heterocycles. The molecule has 3 amide bonds. The molecular weight excluding hydrogens is 266 g/mol. The van der Waals surface area contributed by atoms with Crippen molar-refractivity contribution >= 4 is 23.6 Å². The number of amides is 3. The third-order valence-corrected chi connectivity index (χ3v) is 2.28. The quantitative estimate of drug-likeness (QED) is 0.682. The second-order valence-corrected chi connectivity index (χ2v) is 3.88. The number of nitrogens with one attached hydrogen (secondary N) is 1. The van der Waals surface area contributed by atoms with Crippen LogP contribution >= 0.6 is 0 Å². The average molecular weight is 281 g/mol. The molecule has 1 aromatic carbocycles. The summed E-state index contributed by atoms with van der Waals surface area (Å²) < 4.78 is 4.99. The van der Waals surface area contributed by atoms with Gasteiger partial charge in [-0.25, -0.2) is 4.79 Å². The van der Waals surface area contributed by atoms with Crippen LogP contribution in [0.2, 0.25) is 0 Å². The van der Waals surface area contributed by atoms with Crippen molar-refractivity contribution in [3.63, 3.8) is 0 Å². The highest BCUT2D eigenvalue weighted by Gasteiger charge is 2.18. The average Bonchev–Trinajstić information content (AvgIpc) is 2.37. The predicted octanol–water partition coefficient (Wildman–Crippen LogP) is 0.0990. The van der Waals surface area contributed by atoms with Crippen LogP contribution in [0.3, 0.4) is 0 Å². The van der Waals surface area contributed by atoms with E-state index >= 15 is 0 Å². The molecule has 0 radical (unpaired) electrons. The molecule has 4 N–H and O–H groups in total. The number of aliphatic carboxylic acids is 1. The number of carbonyl (C=O) groups excluding carboxylic acids is 2. The number of carboxylic acids is 1. The van der Waals surface area contributed by atoms with Crippen molar-refractivity contribution in [3.05, 3.63) is 24.3 Å². The van der Waals surface area contributed by atoms with Gasteiger partial charge in [0.2, 0.25) is 5.91 Å². The number of urea groups is 1. The SMILES string of the molecule is COc1cccc(NC(=O)N(CC(N)=O)CC(=O)O)c1. The molecule has 0 bridgehead atoms. The maximum Gasteiger partial charge on any atom is 0.323 e. The molecule has 1 aromatic rings. The number of primary amides is 1. The van der Waals surface area contributed by atoms with Crippen LogP contribution in [-0.2, 0) is 9.59 Å². The predicted molar refractivity (Wildman–Crippen MR) is 70.4 cm³/mol. The van der Waals surface area contributed by atoms with Crippen molar-refractivity contribution in [2.45, 2.75) is 0 Å². The van der Waals surface area contributed by atoms with Crippen LogP contribution in [0.15, 0.2) is 24.3 Å². The molecule has 0 saturated heterocycles. The zero-order chi connectivity index (χ0) is 15.1. The van der Waals surface area contributed by atoms with E-state index in [4.69, 9.17) is 15.6 Å². The smallest absolute Gasteiger partial charge is 0.323 e. The largest absolute Gasteiger partial charge is 0.497 e. The van der Waals surface area contributed by atoms with Gasteiger partial charge in [0.05, 0.1) is 7.11 Å². The number of methoxy groups -OCH3 is 1. The minimum atomic E-state index is -1.24. The molecule has 0 aliphatic carbocycles. The minimum absolute atomic E-state index is 0.411. The second-order valence-electron chi connectivity index (χ2n) is 3.88. The molecule has 0 atom stereocenters. The fourth-order valence-corrected chi connectivity index (χ4v) is 1.45. The molecule has 8 nitrogen and oxygen atoms in total. The lowest BCUT2D eigenvalue weighted by Crippen LogP contribution is -2.43. The highest BCUT2D eigenvalue weighted by Crippen LogP contribution is 2.17. The molecule has 108 valence electrons. The number of anilines is 1. The lowest BCUT2D eigenvalue weighted by molar-refractivity contribution is -0.137. The van der Waals surface area contributed by atoms with Gasteiger partial charge < -0.3 is 25.8 Å². The number of rotatable bonds is 6. The Morgan fingerprint density at radius 2 is 2.05 bits per heavy atom.